The molecule has 2 aliphatic carbocycles. The Bertz CT molecular complexity index is 2670. The summed E-state index contributed by atoms with van der Waals surface area (Å²) in [5, 5.41) is 1.51. The third-order valence-electron chi connectivity index (χ3n) is 13.2. The third kappa shape index (κ3) is 8.32. The number of allylic oxidation sites excluding steroid dienone is 4. The van der Waals surface area contributed by atoms with Crippen molar-refractivity contribution in [2.75, 3.05) is 0 Å². The minimum atomic E-state index is -4.94. The summed E-state index contributed by atoms with van der Waals surface area (Å²) in [6, 6.07) is 43.0. The van der Waals surface area contributed by atoms with E-state index in [1.54, 1.807) is 3.27 Å². The Morgan fingerprint density at radius 1 is 0.583 bits per heavy atom. The summed E-state index contributed by atoms with van der Waals surface area (Å²) >= 11 is 8.27. The number of halogens is 4. The van der Waals surface area contributed by atoms with E-state index in [-0.39, 0.29) is 35.6 Å². The molecule has 5 heteroatoms. The molecule has 0 unspecified atom stereocenters. The van der Waals surface area contributed by atoms with Crippen molar-refractivity contribution in [3.05, 3.63) is 191 Å². The average molecular weight is 952 g/mol. The van der Waals surface area contributed by atoms with Crippen LogP contribution in [0.1, 0.15) is 92.5 Å². The molecule has 2 aliphatic rings. The van der Waals surface area contributed by atoms with Gasteiger partial charge in [-0.25, -0.2) is 0 Å². The Labute approximate surface area is 382 Å². The van der Waals surface area contributed by atoms with Gasteiger partial charge in [0, 0.05) is 0 Å². The summed E-state index contributed by atoms with van der Waals surface area (Å²) in [6.07, 6.45) is 8.89. The third-order valence-corrected chi connectivity index (χ3v) is 29.5. The van der Waals surface area contributed by atoms with Gasteiger partial charge in [0.1, 0.15) is 0 Å². The van der Waals surface area contributed by atoms with Crippen molar-refractivity contribution in [2.24, 2.45) is 0 Å². The molecule has 0 radical (unpaired) electrons. The second-order valence-corrected chi connectivity index (χ2v) is 34.4. The van der Waals surface area contributed by atoms with Crippen molar-refractivity contribution >= 4 is 55.5 Å². The van der Waals surface area contributed by atoms with Gasteiger partial charge in [-0.15, -0.1) is 24.8 Å². The topological polar surface area (TPSA) is 0 Å². The summed E-state index contributed by atoms with van der Waals surface area (Å²) in [5.41, 5.74) is 18.8. The van der Waals surface area contributed by atoms with Crippen molar-refractivity contribution in [3.8, 4) is 33.4 Å². The molecule has 8 rings (SSSR count). The maximum absolute atomic E-state index is 6.61. The normalized spacial score (nSPS) is 13.6. The van der Waals surface area contributed by atoms with Crippen LogP contribution in [0.5, 0.6) is 0 Å². The van der Waals surface area contributed by atoms with Gasteiger partial charge in [-0.1, -0.05) is 0 Å². The van der Waals surface area contributed by atoms with Crippen LogP contribution in [0.25, 0.3) is 33.4 Å². The first-order valence-electron chi connectivity index (χ1n) is 20.8. The molecule has 0 fully saturated rings. The number of aryl methyl sites for hydroxylation is 2. The van der Waals surface area contributed by atoms with Crippen molar-refractivity contribution in [2.45, 2.75) is 87.3 Å². The van der Waals surface area contributed by atoms with Gasteiger partial charge in [0.05, 0.1) is 0 Å². The van der Waals surface area contributed by atoms with Gasteiger partial charge in [0.2, 0.25) is 0 Å². The Morgan fingerprint density at radius 2 is 1.08 bits per heavy atom. The number of rotatable bonds is 8. The van der Waals surface area contributed by atoms with Gasteiger partial charge in [-0.05, 0) is 0 Å². The van der Waals surface area contributed by atoms with Crippen LogP contribution in [0.3, 0.4) is 0 Å². The SMILES string of the molecule is Cl.Cl.[CH2]=[Zr]([CH2]c1ccc(Cl)cc1)([CH2]c1ccc(Cl)cc1)([C]1=CC=CC1)[c]1c2c(cc(C(C)(C)C)c1-c1ccccc1C)-c1cc(C(C)(C)C)c(-c3ccccc3C)cc1C2. The van der Waals surface area contributed by atoms with Crippen LogP contribution in [-0.4, -0.2) is 4.21 Å². The zero-order valence-electron chi connectivity index (χ0n) is 36.3. The zero-order valence-corrected chi connectivity index (χ0v) is 41.9. The predicted molar refractivity (Wildman–Crippen MR) is 266 cm³/mol. The number of benzene rings is 6. The maximum atomic E-state index is 6.61. The van der Waals surface area contributed by atoms with Crippen LogP contribution in [0, 0.1) is 13.8 Å². The van der Waals surface area contributed by atoms with E-state index in [1.807, 2.05) is 0 Å². The van der Waals surface area contributed by atoms with Gasteiger partial charge >= 0.3 is 361 Å². The van der Waals surface area contributed by atoms with Crippen LogP contribution in [0.4, 0.5) is 0 Å². The quantitative estimate of drug-likeness (QED) is 0.142. The summed E-state index contributed by atoms with van der Waals surface area (Å²) in [4.78, 5) is 0. The molecule has 0 aromatic heterocycles. The van der Waals surface area contributed by atoms with Gasteiger partial charge < -0.3 is 0 Å². The number of fused-ring (bicyclic) bond motifs is 3. The fourth-order valence-electron chi connectivity index (χ4n) is 10.3. The number of hydrogen-bond donors (Lipinski definition) is 0. The molecule has 310 valence electrons. The van der Waals surface area contributed by atoms with E-state index in [0.29, 0.717) is 0 Å². The first-order chi connectivity index (χ1) is 27.4. The van der Waals surface area contributed by atoms with Gasteiger partial charge in [-0.2, -0.15) is 0 Å². The summed E-state index contributed by atoms with van der Waals surface area (Å²) in [6.45, 7) is 18.8. The molecule has 0 amide bonds. The van der Waals surface area contributed by atoms with E-state index in [2.05, 4.69) is 189 Å². The second-order valence-electron chi connectivity index (χ2n) is 19.4. The fourth-order valence-corrected chi connectivity index (χ4v) is 27.3. The first-order valence-corrected chi connectivity index (χ1v) is 29.3. The summed E-state index contributed by atoms with van der Waals surface area (Å²) in [7, 11) is 0. The molecule has 0 N–H and O–H groups in total. The van der Waals surface area contributed by atoms with E-state index in [4.69, 9.17) is 27.4 Å². The van der Waals surface area contributed by atoms with Crippen LogP contribution < -0.4 is 3.27 Å². The number of hydrogen-bond acceptors (Lipinski definition) is 0. The molecule has 0 spiro atoms. The van der Waals surface area contributed by atoms with Crippen LogP contribution in [0.2, 0.25) is 10.0 Å². The predicted octanol–water partition coefficient (Wildman–Crippen LogP) is 15.9. The molecule has 0 saturated heterocycles. The Balaban J connectivity index is 0.00000302. The Kier molecular flexibility index (Phi) is 13.2. The molecule has 60 heavy (non-hydrogen) atoms. The zero-order chi connectivity index (χ0) is 41.2. The Hall–Kier alpha value is -3.29. The molecule has 0 nitrogen and oxygen atoms in total. The van der Waals surface area contributed by atoms with Crippen LogP contribution >= 0.6 is 48.0 Å². The molecular weight excluding hydrogens is 894 g/mol. The average Bonchev–Trinajstić information content (AvgIpc) is 3.85. The van der Waals surface area contributed by atoms with Gasteiger partial charge in [0.15, 0.2) is 0 Å². The molecular formula is C55H58Cl4Zr. The van der Waals surface area contributed by atoms with Crippen molar-refractivity contribution in [1.29, 1.82) is 0 Å². The first kappa shape index (κ1) is 46.2. The fraction of sp³-hybridized carbons (Fsp3) is 0.255. The monoisotopic (exact) mass is 948 g/mol. The molecule has 0 saturated carbocycles. The van der Waals surface area contributed by atoms with Crippen molar-refractivity contribution in [3.63, 3.8) is 0 Å². The Morgan fingerprint density at radius 3 is 1.57 bits per heavy atom. The molecule has 0 heterocycles. The van der Waals surface area contributed by atoms with Crippen LogP contribution in [0.15, 0.2) is 137 Å². The minimum absolute atomic E-state index is 0. The van der Waals surface area contributed by atoms with E-state index >= 15 is 0 Å². The molecule has 6 aromatic carbocycles. The molecule has 0 atom stereocenters. The standard InChI is InChI=1S/C35H37.2C7H6Cl.C5H5.CH2.2ClH.Zr/c1-22-13-9-11-15-26(22)30-18-24-17-25-19-31(27-16-12-10-14-23(27)2)33(35(6,7)8)21-29(25)28(24)20-32(30)34(3,4)5;2*1-6-2-4-7(8)5-3-6;1-2-4-5-3-1;;;;/h9-16,18,20-21H,17H2,1-8H3;2*2-5H,1H2;1-3H,4H2;1H2;2*1H;. The summed E-state index contributed by atoms with van der Waals surface area (Å²) in [5.74, 6) is 0. The summed E-state index contributed by atoms with van der Waals surface area (Å²) < 4.78 is 10.8. The van der Waals surface area contributed by atoms with E-state index in [9.17, 15) is 0 Å². The van der Waals surface area contributed by atoms with Crippen LogP contribution in [-0.2, 0) is 43.8 Å². The second kappa shape index (κ2) is 17.1. The van der Waals surface area contributed by atoms with E-state index in [0.717, 1.165) is 31.1 Å². The van der Waals surface area contributed by atoms with Crippen molar-refractivity contribution < 1.29 is 18.3 Å². The van der Waals surface area contributed by atoms with Gasteiger partial charge in [-0.3, -0.25) is 0 Å². The van der Waals surface area contributed by atoms with Gasteiger partial charge in [0.25, 0.3) is 0 Å². The van der Waals surface area contributed by atoms with E-state index < -0.39 is 18.3 Å². The molecule has 0 aliphatic heterocycles. The molecule has 6 aromatic rings. The molecule has 0 bridgehead atoms. The van der Waals surface area contributed by atoms with E-state index in [1.165, 1.54) is 81.2 Å². The van der Waals surface area contributed by atoms with Crippen molar-refractivity contribution in [1.82, 2.24) is 0 Å².